The summed E-state index contributed by atoms with van der Waals surface area (Å²) in [6.45, 7) is 0. The van der Waals surface area contributed by atoms with Crippen molar-refractivity contribution < 1.29 is 13.2 Å². The molecule has 0 unspecified atom stereocenters. The Kier molecular flexibility index (Phi) is 2.56. The highest BCUT2D eigenvalue weighted by atomic mass is 19.4. The van der Waals surface area contributed by atoms with E-state index in [1.165, 1.54) is 22.9 Å². The highest BCUT2D eigenvalue weighted by Gasteiger charge is 2.31. The van der Waals surface area contributed by atoms with Crippen molar-refractivity contribution in [1.29, 1.82) is 0 Å². The summed E-state index contributed by atoms with van der Waals surface area (Å²) in [6, 6.07) is 2.17. The standard InChI is InChI=1S/C11H7F3N6/c12-11(13,14)6-1-2-7-18-19-10(20(7)5-6)8-9(15)17-4-3-16-8/h1-5H,(H2,15,17). The monoisotopic (exact) mass is 280 g/mol. The molecule has 9 heteroatoms. The summed E-state index contributed by atoms with van der Waals surface area (Å²) in [4.78, 5) is 7.80. The van der Waals surface area contributed by atoms with Crippen LogP contribution in [0.25, 0.3) is 17.2 Å². The molecule has 0 aliphatic carbocycles. The van der Waals surface area contributed by atoms with Crippen LogP contribution in [-0.4, -0.2) is 24.6 Å². The molecule has 3 heterocycles. The Morgan fingerprint density at radius 2 is 1.80 bits per heavy atom. The number of hydrogen-bond acceptors (Lipinski definition) is 5. The number of nitrogen functional groups attached to an aromatic ring is 1. The molecule has 3 rings (SSSR count). The van der Waals surface area contributed by atoms with E-state index in [0.29, 0.717) is 0 Å². The summed E-state index contributed by atoms with van der Waals surface area (Å²) in [6.07, 6.45) is -0.800. The van der Waals surface area contributed by atoms with Gasteiger partial charge < -0.3 is 5.73 Å². The number of anilines is 1. The number of alkyl halides is 3. The van der Waals surface area contributed by atoms with E-state index >= 15 is 0 Å². The molecule has 3 aromatic heterocycles. The lowest BCUT2D eigenvalue weighted by Crippen LogP contribution is -2.07. The largest absolute Gasteiger partial charge is 0.417 e. The highest BCUT2D eigenvalue weighted by Crippen LogP contribution is 2.30. The quantitative estimate of drug-likeness (QED) is 0.734. The molecule has 0 aliphatic rings. The first-order valence-corrected chi connectivity index (χ1v) is 5.45. The van der Waals surface area contributed by atoms with Crippen LogP contribution in [0, 0.1) is 0 Å². The van der Waals surface area contributed by atoms with Gasteiger partial charge in [-0.1, -0.05) is 0 Å². The molecule has 20 heavy (non-hydrogen) atoms. The van der Waals surface area contributed by atoms with Gasteiger partial charge in [0.25, 0.3) is 0 Å². The molecule has 6 nitrogen and oxygen atoms in total. The fourth-order valence-corrected chi connectivity index (χ4v) is 1.74. The van der Waals surface area contributed by atoms with Gasteiger partial charge in [-0.05, 0) is 12.1 Å². The van der Waals surface area contributed by atoms with E-state index in [1.54, 1.807) is 0 Å². The minimum Gasteiger partial charge on any atom is -0.382 e. The topological polar surface area (TPSA) is 82.0 Å². The number of rotatable bonds is 1. The first-order chi connectivity index (χ1) is 9.47. The van der Waals surface area contributed by atoms with Crippen molar-refractivity contribution in [2.45, 2.75) is 6.18 Å². The van der Waals surface area contributed by atoms with E-state index in [0.717, 1.165) is 12.3 Å². The van der Waals surface area contributed by atoms with E-state index in [2.05, 4.69) is 20.2 Å². The van der Waals surface area contributed by atoms with Crippen molar-refractivity contribution in [1.82, 2.24) is 24.6 Å². The molecule has 0 bridgehead atoms. The number of hydrogen-bond donors (Lipinski definition) is 1. The molecule has 0 atom stereocenters. The number of fused-ring (bicyclic) bond motifs is 1. The molecule has 0 spiro atoms. The predicted molar refractivity (Wildman–Crippen MR) is 63.4 cm³/mol. The van der Waals surface area contributed by atoms with Crippen molar-refractivity contribution >= 4 is 11.5 Å². The summed E-state index contributed by atoms with van der Waals surface area (Å²) in [5.74, 6) is 0.177. The van der Waals surface area contributed by atoms with Crippen LogP contribution in [0.15, 0.2) is 30.7 Å². The smallest absolute Gasteiger partial charge is 0.382 e. The molecule has 0 saturated carbocycles. The fraction of sp³-hybridized carbons (Fsp3) is 0.0909. The first kappa shape index (κ1) is 12.3. The number of pyridine rings is 1. The van der Waals surface area contributed by atoms with Crippen LogP contribution in [0.1, 0.15) is 5.56 Å². The van der Waals surface area contributed by atoms with Gasteiger partial charge in [0.1, 0.15) is 0 Å². The van der Waals surface area contributed by atoms with Crippen molar-refractivity contribution in [2.24, 2.45) is 0 Å². The van der Waals surface area contributed by atoms with Gasteiger partial charge in [0.15, 0.2) is 23.0 Å². The lowest BCUT2D eigenvalue weighted by atomic mass is 10.2. The van der Waals surface area contributed by atoms with Gasteiger partial charge in [0.05, 0.1) is 5.56 Å². The second-order valence-corrected chi connectivity index (χ2v) is 3.96. The van der Waals surface area contributed by atoms with Crippen LogP contribution >= 0.6 is 0 Å². The van der Waals surface area contributed by atoms with Crippen LogP contribution in [0.3, 0.4) is 0 Å². The molecule has 0 amide bonds. The van der Waals surface area contributed by atoms with Gasteiger partial charge >= 0.3 is 6.18 Å². The summed E-state index contributed by atoms with van der Waals surface area (Å²) in [5.41, 5.74) is 5.28. The summed E-state index contributed by atoms with van der Waals surface area (Å²) in [7, 11) is 0. The molecular weight excluding hydrogens is 273 g/mol. The third-order valence-electron chi connectivity index (χ3n) is 2.67. The normalized spacial score (nSPS) is 11.9. The maximum atomic E-state index is 12.7. The molecule has 0 aliphatic heterocycles. The maximum Gasteiger partial charge on any atom is 0.417 e. The zero-order valence-corrected chi connectivity index (χ0v) is 9.83. The minimum absolute atomic E-state index is 0.0687. The van der Waals surface area contributed by atoms with E-state index in [4.69, 9.17) is 5.73 Å². The lowest BCUT2D eigenvalue weighted by molar-refractivity contribution is -0.137. The van der Waals surface area contributed by atoms with Gasteiger partial charge in [-0.2, -0.15) is 13.2 Å². The van der Waals surface area contributed by atoms with Crippen molar-refractivity contribution in [2.75, 3.05) is 5.73 Å². The maximum absolute atomic E-state index is 12.7. The molecule has 3 aromatic rings. The zero-order valence-electron chi connectivity index (χ0n) is 9.83. The number of nitrogens with zero attached hydrogens (tertiary/aromatic N) is 5. The van der Waals surface area contributed by atoms with Crippen LogP contribution < -0.4 is 5.73 Å². The minimum atomic E-state index is -4.45. The van der Waals surface area contributed by atoms with Crippen LogP contribution in [-0.2, 0) is 6.18 Å². The van der Waals surface area contributed by atoms with E-state index in [1.807, 2.05) is 0 Å². The number of aromatic nitrogens is 5. The Morgan fingerprint density at radius 1 is 1.05 bits per heavy atom. The highest BCUT2D eigenvalue weighted by molar-refractivity contribution is 5.65. The van der Waals surface area contributed by atoms with E-state index in [9.17, 15) is 13.2 Å². The van der Waals surface area contributed by atoms with Gasteiger partial charge in [-0.15, -0.1) is 10.2 Å². The third kappa shape index (κ3) is 1.92. The summed E-state index contributed by atoms with van der Waals surface area (Å²) in [5, 5.41) is 7.59. The summed E-state index contributed by atoms with van der Waals surface area (Å²) >= 11 is 0. The molecule has 102 valence electrons. The van der Waals surface area contributed by atoms with Crippen molar-refractivity contribution in [3.05, 3.63) is 36.3 Å². The molecule has 0 saturated heterocycles. The zero-order chi connectivity index (χ0) is 14.3. The molecule has 0 aromatic carbocycles. The van der Waals surface area contributed by atoms with Gasteiger partial charge in [-0.25, -0.2) is 9.97 Å². The average Bonchev–Trinajstić information content (AvgIpc) is 2.81. The molecular formula is C11H7F3N6. The van der Waals surface area contributed by atoms with Gasteiger partial charge in [0, 0.05) is 18.6 Å². The Hall–Kier alpha value is -2.71. The molecule has 2 N–H and O–H groups in total. The Morgan fingerprint density at radius 3 is 2.50 bits per heavy atom. The predicted octanol–water partition coefficient (Wildman–Crippen LogP) is 1.79. The molecule has 0 fully saturated rings. The third-order valence-corrected chi connectivity index (χ3v) is 2.67. The van der Waals surface area contributed by atoms with Gasteiger partial charge in [-0.3, -0.25) is 4.40 Å². The molecule has 0 radical (unpaired) electrons. The average molecular weight is 280 g/mol. The Labute approximate surface area is 110 Å². The fourth-order valence-electron chi connectivity index (χ4n) is 1.74. The van der Waals surface area contributed by atoms with Crippen molar-refractivity contribution in [3.8, 4) is 11.5 Å². The van der Waals surface area contributed by atoms with Crippen LogP contribution in [0.5, 0.6) is 0 Å². The first-order valence-electron chi connectivity index (χ1n) is 5.45. The Bertz CT molecular complexity index is 779. The number of nitrogens with two attached hydrogens (primary N) is 1. The van der Waals surface area contributed by atoms with Crippen molar-refractivity contribution in [3.63, 3.8) is 0 Å². The lowest BCUT2D eigenvalue weighted by Gasteiger charge is -2.07. The van der Waals surface area contributed by atoms with Gasteiger partial charge in [0.2, 0.25) is 0 Å². The Balaban J connectivity index is 2.25. The van der Waals surface area contributed by atoms with Crippen LogP contribution in [0.2, 0.25) is 0 Å². The van der Waals surface area contributed by atoms with E-state index < -0.39 is 11.7 Å². The second kappa shape index (κ2) is 4.15. The SMILES string of the molecule is Nc1nccnc1-c1nnc2ccc(C(F)(F)F)cn12. The van der Waals surface area contributed by atoms with E-state index in [-0.39, 0.29) is 23.0 Å². The summed E-state index contributed by atoms with van der Waals surface area (Å²) < 4.78 is 39.4. The number of halogens is 3. The second-order valence-electron chi connectivity index (χ2n) is 3.96. The van der Waals surface area contributed by atoms with Crippen LogP contribution in [0.4, 0.5) is 19.0 Å².